The van der Waals surface area contributed by atoms with Crippen LogP contribution in [0.2, 0.25) is 0 Å². The predicted octanol–water partition coefficient (Wildman–Crippen LogP) is 1.62. The molecular formula is C11H14N4. The van der Waals surface area contributed by atoms with Gasteiger partial charge in [0.2, 0.25) is 0 Å². The van der Waals surface area contributed by atoms with E-state index >= 15 is 0 Å². The fourth-order valence-electron chi connectivity index (χ4n) is 0.861. The van der Waals surface area contributed by atoms with Crippen molar-refractivity contribution in [2.75, 3.05) is 19.0 Å². The maximum Gasteiger partial charge on any atom is 0.131 e. The van der Waals surface area contributed by atoms with Crippen LogP contribution in [0, 0.1) is 0 Å². The highest BCUT2D eigenvalue weighted by Crippen LogP contribution is 2.00. The molecule has 0 aliphatic heterocycles. The topological polar surface area (TPSA) is 41.9 Å². The number of pyridine rings is 1. The molecule has 0 radical (unpaired) electrons. The predicted molar refractivity (Wildman–Crippen MR) is 60.6 cm³/mol. The molecule has 0 aliphatic rings. The first-order valence-corrected chi connectivity index (χ1v) is 4.59. The average Bonchev–Trinajstić information content (AvgIpc) is 2.33. The molecule has 0 atom stereocenters. The van der Waals surface area contributed by atoms with Gasteiger partial charge in [0.1, 0.15) is 12.1 Å². The van der Waals surface area contributed by atoms with Gasteiger partial charge in [-0.1, -0.05) is 6.07 Å². The molecule has 15 heavy (non-hydrogen) atoms. The Morgan fingerprint density at radius 2 is 1.67 bits per heavy atom. The summed E-state index contributed by atoms with van der Waals surface area (Å²) >= 11 is 0. The number of aromatic nitrogens is 3. The minimum atomic E-state index is 0.935. The zero-order valence-electron chi connectivity index (χ0n) is 8.91. The number of rotatable bonds is 1. The third kappa shape index (κ3) is 4.71. The van der Waals surface area contributed by atoms with E-state index in [-0.39, 0.29) is 0 Å². The van der Waals surface area contributed by atoms with Crippen molar-refractivity contribution in [3.8, 4) is 0 Å². The second-order valence-electron chi connectivity index (χ2n) is 2.99. The molecule has 0 aromatic carbocycles. The van der Waals surface area contributed by atoms with Crippen LogP contribution in [0.5, 0.6) is 0 Å². The summed E-state index contributed by atoms with van der Waals surface area (Å²) in [5.74, 6) is 0.935. The molecule has 0 aliphatic carbocycles. The Balaban J connectivity index is 0.000000162. The Hall–Kier alpha value is -1.97. The zero-order valence-corrected chi connectivity index (χ0v) is 8.91. The van der Waals surface area contributed by atoms with Crippen LogP contribution in [-0.2, 0) is 0 Å². The van der Waals surface area contributed by atoms with E-state index in [1.807, 2.05) is 43.3 Å². The molecule has 4 heteroatoms. The van der Waals surface area contributed by atoms with E-state index < -0.39 is 0 Å². The second kappa shape index (κ2) is 6.48. The van der Waals surface area contributed by atoms with Crippen molar-refractivity contribution in [2.24, 2.45) is 0 Å². The van der Waals surface area contributed by atoms with Gasteiger partial charge >= 0.3 is 0 Å². The summed E-state index contributed by atoms with van der Waals surface area (Å²) in [5.41, 5.74) is 0. The van der Waals surface area contributed by atoms with E-state index in [9.17, 15) is 0 Å². The first kappa shape index (κ1) is 11.1. The molecule has 0 bridgehead atoms. The van der Waals surface area contributed by atoms with Crippen molar-refractivity contribution in [3.63, 3.8) is 0 Å². The molecule has 2 rings (SSSR count). The molecule has 0 unspecified atom stereocenters. The number of nitrogens with zero attached hydrogens (tertiary/aromatic N) is 4. The van der Waals surface area contributed by atoms with Crippen LogP contribution in [0.15, 0.2) is 49.2 Å². The standard InChI is InChI=1S/C6H9N3.C5H5N/c1-9(2)6-3-4-7-5-8-6;1-2-4-6-5-3-1/h3-5H,1-2H3;1-5H. The Kier molecular flexibility index (Phi) is 4.80. The summed E-state index contributed by atoms with van der Waals surface area (Å²) in [6.45, 7) is 0. The van der Waals surface area contributed by atoms with E-state index in [1.165, 1.54) is 6.33 Å². The number of hydrogen-bond acceptors (Lipinski definition) is 4. The quantitative estimate of drug-likeness (QED) is 0.704. The molecule has 0 fully saturated rings. The first-order valence-electron chi connectivity index (χ1n) is 4.59. The lowest BCUT2D eigenvalue weighted by Crippen LogP contribution is -2.09. The molecule has 2 aromatic heterocycles. The van der Waals surface area contributed by atoms with Crippen LogP contribution in [-0.4, -0.2) is 29.0 Å². The van der Waals surface area contributed by atoms with Crippen LogP contribution in [0.4, 0.5) is 5.82 Å². The van der Waals surface area contributed by atoms with Crippen LogP contribution in [0.25, 0.3) is 0 Å². The van der Waals surface area contributed by atoms with Gasteiger partial charge in [-0.2, -0.15) is 0 Å². The summed E-state index contributed by atoms with van der Waals surface area (Å²) < 4.78 is 0. The molecule has 4 nitrogen and oxygen atoms in total. The zero-order chi connectivity index (χ0) is 10.9. The lowest BCUT2D eigenvalue weighted by atomic mass is 10.5. The van der Waals surface area contributed by atoms with Gasteiger partial charge in [-0.05, 0) is 18.2 Å². The van der Waals surface area contributed by atoms with Crippen molar-refractivity contribution in [3.05, 3.63) is 49.2 Å². The smallest absolute Gasteiger partial charge is 0.131 e. The summed E-state index contributed by atoms with van der Waals surface area (Å²) in [4.78, 5) is 13.5. The SMILES string of the molecule is CN(C)c1ccncn1.c1ccncc1. The van der Waals surface area contributed by atoms with Crippen molar-refractivity contribution in [1.29, 1.82) is 0 Å². The highest BCUT2D eigenvalue weighted by atomic mass is 15.1. The molecular weight excluding hydrogens is 188 g/mol. The molecule has 0 amide bonds. The van der Waals surface area contributed by atoms with E-state index in [4.69, 9.17) is 0 Å². The molecule has 0 saturated heterocycles. The van der Waals surface area contributed by atoms with Crippen molar-refractivity contribution < 1.29 is 0 Å². The molecule has 0 saturated carbocycles. The first-order chi connectivity index (χ1) is 7.30. The average molecular weight is 202 g/mol. The monoisotopic (exact) mass is 202 g/mol. The van der Waals surface area contributed by atoms with Gasteiger partial charge in [-0.25, -0.2) is 9.97 Å². The maximum atomic E-state index is 3.99. The Morgan fingerprint density at radius 3 is 1.93 bits per heavy atom. The van der Waals surface area contributed by atoms with Gasteiger partial charge in [-0.15, -0.1) is 0 Å². The lowest BCUT2D eigenvalue weighted by Gasteiger charge is -2.08. The van der Waals surface area contributed by atoms with Crippen molar-refractivity contribution in [2.45, 2.75) is 0 Å². The summed E-state index contributed by atoms with van der Waals surface area (Å²) in [7, 11) is 3.89. The van der Waals surface area contributed by atoms with Crippen molar-refractivity contribution in [1.82, 2.24) is 15.0 Å². The molecule has 2 aromatic rings. The van der Waals surface area contributed by atoms with E-state index in [0.29, 0.717) is 0 Å². The fourth-order valence-corrected chi connectivity index (χ4v) is 0.861. The molecule has 78 valence electrons. The second-order valence-corrected chi connectivity index (χ2v) is 2.99. The maximum absolute atomic E-state index is 3.99. The number of anilines is 1. The molecule has 0 N–H and O–H groups in total. The van der Waals surface area contributed by atoms with Crippen LogP contribution in [0.1, 0.15) is 0 Å². The van der Waals surface area contributed by atoms with Gasteiger partial charge in [-0.3, -0.25) is 4.98 Å². The van der Waals surface area contributed by atoms with Crippen LogP contribution < -0.4 is 4.90 Å². The van der Waals surface area contributed by atoms with E-state index in [1.54, 1.807) is 18.6 Å². The number of hydrogen-bond donors (Lipinski definition) is 0. The van der Waals surface area contributed by atoms with Gasteiger partial charge in [0.05, 0.1) is 0 Å². The summed E-state index contributed by atoms with van der Waals surface area (Å²) in [5, 5.41) is 0. The molecule has 0 spiro atoms. The van der Waals surface area contributed by atoms with E-state index in [2.05, 4.69) is 15.0 Å². The lowest BCUT2D eigenvalue weighted by molar-refractivity contribution is 1.04. The molecule has 2 heterocycles. The highest BCUT2D eigenvalue weighted by molar-refractivity contribution is 5.33. The van der Waals surface area contributed by atoms with Gasteiger partial charge < -0.3 is 4.90 Å². The minimum absolute atomic E-state index is 0.935. The van der Waals surface area contributed by atoms with Crippen LogP contribution >= 0.6 is 0 Å². The third-order valence-electron chi connectivity index (χ3n) is 1.59. The highest BCUT2D eigenvalue weighted by Gasteiger charge is 1.90. The summed E-state index contributed by atoms with van der Waals surface area (Å²) in [6, 6.07) is 7.58. The van der Waals surface area contributed by atoms with Gasteiger partial charge in [0.25, 0.3) is 0 Å². The summed E-state index contributed by atoms with van der Waals surface area (Å²) in [6.07, 6.45) is 6.76. The van der Waals surface area contributed by atoms with Crippen molar-refractivity contribution >= 4 is 5.82 Å². The normalized spacial score (nSPS) is 8.67. The largest absolute Gasteiger partial charge is 0.363 e. The van der Waals surface area contributed by atoms with Crippen LogP contribution in [0.3, 0.4) is 0 Å². The van der Waals surface area contributed by atoms with Gasteiger partial charge in [0.15, 0.2) is 0 Å². The Bertz CT molecular complexity index is 321. The Morgan fingerprint density at radius 1 is 0.933 bits per heavy atom. The third-order valence-corrected chi connectivity index (χ3v) is 1.59. The Labute approximate surface area is 89.6 Å². The fraction of sp³-hybridized carbons (Fsp3) is 0.182. The van der Waals surface area contributed by atoms with Gasteiger partial charge in [0, 0.05) is 32.7 Å². The van der Waals surface area contributed by atoms with E-state index in [0.717, 1.165) is 5.82 Å². The minimum Gasteiger partial charge on any atom is -0.363 e.